The van der Waals surface area contributed by atoms with E-state index in [4.69, 9.17) is 0 Å². The van der Waals surface area contributed by atoms with Gasteiger partial charge in [-0.3, -0.25) is 4.79 Å². The Labute approximate surface area is 70.9 Å². The Morgan fingerprint density at radius 2 is 2.36 bits per heavy atom. The molecule has 1 heterocycles. The average Bonchev–Trinajstić information content (AvgIpc) is 2.50. The van der Waals surface area contributed by atoms with Crippen molar-refractivity contribution in [2.24, 2.45) is 5.92 Å². The van der Waals surface area contributed by atoms with E-state index in [1.165, 1.54) is 7.11 Å². The third kappa shape index (κ3) is 1.87. The van der Waals surface area contributed by atoms with Crippen LogP contribution < -0.4 is 5.32 Å². The van der Waals surface area contributed by atoms with Crippen LogP contribution in [0.15, 0.2) is 0 Å². The summed E-state index contributed by atoms with van der Waals surface area (Å²) in [5.74, 6) is 1.86. The molecule has 0 bridgehead atoms. The lowest BCUT2D eigenvalue weighted by Gasteiger charge is -2.14. The smallest absolute Gasteiger partial charge is 0.311 e. The van der Waals surface area contributed by atoms with Gasteiger partial charge in [0.2, 0.25) is 0 Å². The zero-order valence-corrected chi connectivity index (χ0v) is 7.61. The fourth-order valence-corrected chi connectivity index (χ4v) is 2.63. The molecule has 2 unspecified atom stereocenters. The molecule has 0 amide bonds. The Balaban J connectivity index is 2.49. The van der Waals surface area contributed by atoms with Crippen LogP contribution in [0.1, 0.15) is 0 Å². The number of nitrogens with one attached hydrogen (secondary N) is 1. The molecule has 1 aliphatic rings. The molecule has 0 radical (unpaired) electrons. The molecule has 1 N–H and O–H groups in total. The molecule has 2 atom stereocenters. The molecule has 64 valence electrons. The first-order chi connectivity index (χ1) is 5.29. The summed E-state index contributed by atoms with van der Waals surface area (Å²) in [6, 6.07) is 0.299. The van der Waals surface area contributed by atoms with Crippen LogP contribution in [0.25, 0.3) is 0 Å². The molecule has 0 aliphatic carbocycles. The standard InChI is InChI=1S/C7H13NO2S/c1-8-6-4-11-3-5(6)7(9)10-2/h5-6,8H,3-4H2,1-2H3. The fraction of sp³-hybridized carbons (Fsp3) is 0.857. The number of carbonyl (C=O) groups excluding carboxylic acids is 1. The second-order valence-corrected chi connectivity index (χ2v) is 3.64. The van der Waals surface area contributed by atoms with E-state index in [1.807, 2.05) is 7.05 Å². The highest BCUT2D eigenvalue weighted by atomic mass is 32.2. The lowest BCUT2D eigenvalue weighted by molar-refractivity contribution is -0.145. The van der Waals surface area contributed by atoms with Crippen LogP contribution in [-0.2, 0) is 9.53 Å². The minimum Gasteiger partial charge on any atom is -0.469 e. The number of methoxy groups -OCH3 is 1. The molecule has 0 aromatic heterocycles. The lowest BCUT2D eigenvalue weighted by atomic mass is 10.1. The zero-order chi connectivity index (χ0) is 8.27. The van der Waals surface area contributed by atoms with Crippen LogP contribution in [0.5, 0.6) is 0 Å². The predicted molar refractivity (Wildman–Crippen MR) is 45.7 cm³/mol. The minimum atomic E-state index is -0.0886. The largest absolute Gasteiger partial charge is 0.469 e. The summed E-state index contributed by atoms with van der Waals surface area (Å²) in [6.45, 7) is 0. The van der Waals surface area contributed by atoms with E-state index in [0.29, 0.717) is 6.04 Å². The second-order valence-electron chi connectivity index (χ2n) is 2.56. The van der Waals surface area contributed by atoms with Crippen LogP contribution in [0.2, 0.25) is 0 Å². The van der Waals surface area contributed by atoms with Gasteiger partial charge in [-0.2, -0.15) is 11.8 Å². The number of thioether (sulfide) groups is 1. The summed E-state index contributed by atoms with van der Waals surface area (Å²) in [6.07, 6.45) is 0. The first-order valence-corrected chi connectivity index (χ1v) is 4.78. The van der Waals surface area contributed by atoms with Gasteiger partial charge in [-0.15, -0.1) is 0 Å². The number of esters is 1. The zero-order valence-electron chi connectivity index (χ0n) is 6.79. The van der Waals surface area contributed by atoms with E-state index in [2.05, 4.69) is 10.1 Å². The highest BCUT2D eigenvalue weighted by Gasteiger charge is 2.32. The maximum atomic E-state index is 11.1. The van der Waals surface area contributed by atoms with Gasteiger partial charge in [-0.05, 0) is 7.05 Å². The highest BCUT2D eigenvalue weighted by molar-refractivity contribution is 7.99. The number of carbonyl (C=O) groups is 1. The van der Waals surface area contributed by atoms with Crippen LogP contribution >= 0.6 is 11.8 Å². The Kier molecular flexibility index (Phi) is 3.20. The summed E-state index contributed by atoms with van der Waals surface area (Å²) in [4.78, 5) is 11.1. The average molecular weight is 175 g/mol. The Morgan fingerprint density at radius 1 is 1.64 bits per heavy atom. The monoisotopic (exact) mass is 175 g/mol. The van der Waals surface area contributed by atoms with Crippen molar-refractivity contribution < 1.29 is 9.53 Å². The molecule has 1 aliphatic heterocycles. The Hall–Kier alpha value is -0.220. The van der Waals surface area contributed by atoms with Crippen molar-refractivity contribution in [2.45, 2.75) is 6.04 Å². The molecule has 1 rings (SSSR count). The van der Waals surface area contributed by atoms with Crippen LogP contribution in [0, 0.1) is 5.92 Å². The molecule has 11 heavy (non-hydrogen) atoms. The van der Waals surface area contributed by atoms with E-state index < -0.39 is 0 Å². The first-order valence-electron chi connectivity index (χ1n) is 3.62. The molecular formula is C7H13NO2S. The van der Waals surface area contributed by atoms with Gasteiger partial charge in [0.25, 0.3) is 0 Å². The Bertz CT molecular complexity index is 151. The van der Waals surface area contributed by atoms with Gasteiger partial charge in [-0.1, -0.05) is 0 Å². The third-order valence-corrected chi connectivity index (χ3v) is 3.14. The predicted octanol–water partition coefficient (Wildman–Crippen LogP) is 0.110. The molecule has 4 heteroatoms. The van der Waals surface area contributed by atoms with Crippen molar-refractivity contribution in [1.82, 2.24) is 5.32 Å². The molecule has 1 fully saturated rings. The molecule has 3 nitrogen and oxygen atoms in total. The third-order valence-electron chi connectivity index (χ3n) is 1.96. The number of hydrogen-bond acceptors (Lipinski definition) is 4. The molecular weight excluding hydrogens is 162 g/mol. The van der Waals surface area contributed by atoms with E-state index in [1.54, 1.807) is 11.8 Å². The van der Waals surface area contributed by atoms with E-state index in [9.17, 15) is 4.79 Å². The number of rotatable bonds is 2. The summed E-state index contributed by atoms with van der Waals surface area (Å²) in [5.41, 5.74) is 0. The SMILES string of the molecule is CNC1CSCC1C(=O)OC. The topological polar surface area (TPSA) is 38.3 Å². The van der Waals surface area contributed by atoms with E-state index >= 15 is 0 Å². The van der Waals surface area contributed by atoms with Gasteiger partial charge in [0.05, 0.1) is 13.0 Å². The quantitative estimate of drug-likeness (QED) is 0.605. The fourth-order valence-electron chi connectivity index (χ4n) is 1.22. The number of ether oxygens (including phenoxy) is 1. The maximum Gasteiger partial charge on any atom is 0.311 e. The molecule has 0 spiro atoms. The second kappa shape index (κ2) is 3.97. The van der Waals surface area contributed by atoms with Gasteiger partial charge >= 0.3 is 5.97 Å². The lowest BCUT2D eigenvalue weighted by Crippen LogP contribution is -2.37. The van der Waals surface area contributed by atoms with Gasteiger partial charge in [0, 0.05) is 17.5 Å². The summed E-state index contributed by atoms with van der Waals surface area (Å²) in [5, 5.41) is 3.11. The molecule has 0 saturated carbocycles. The first kappa shape index (κ1) is 8.87. The minimum absolute atomic E-state index is 0.0509. The number of hydrogen-bond donors (Lipinski definition) is 1. The van der Waals surface area contributed by atoms with Crippen LogP contribution in [0.4, 0.5) is 0 Å². The van der Waals surface area contributed by atoms with Gasteiger partial charge in [0.1, 0.15) is 0 Å². The molecule has 1 saturated heterocycles. The molecule has 0 aromatic carbocycles. The van der Waals surface area contributed by atoms with Crippen LogP contribution in [0.3, 0.4) is 0 Å². The van der Waals surface area contributed by atoms with Crippen molar-refractivity contribution in [3.8, 4) is 0 Å². The normalized spacial score (nSPS) is 30.4. The van der Waals surface area contributed by atoms with Gasteiger partial charge in [0.15, 0.2) is 0 Å². The molecule has 0 aromatic rings. The summed E-state index contributed by atoms with van der Waals surface area (Å²) >= 11 is 1.80. The van der Waals surface area contributed by atoms with E-state index in [0.717, 1.165) is 11.5 Å². The summed E-state index contributed by atoms with van der Waals surface area (Å²) < 4.78 is 4.67. The maximum absolute atomic E-state index is 11.1. The van der Waals surface area contributed by atoms with E-state index in [-0.39, 0.29) is 11.9 Å². The van der Waals surface area contributed by atoms with Crippen LogP contribution in [-0.4, -0.2) is 37.7 Å². The Morgan fingerprint density at radius 3 is 2.91 bits per heavy atom. The highest BCUT2D eigenvalue weighted by Crippen LogP contribution is 2.24. The van der Waals surface area contributed by atoms with Crippen molar-refractivity contribution in [2.75, 3.05) is 25.7 Å². The van der Waals surface area contributed by atoms with Gasteiger partial charge < -0.3 is 10.1 Å². The van der Waals surface area contributed by atoms with Crippen molar-refractivity contribution >= 4 is 17.7 Å². The van der Waals surface area contributed by atoms with Crippen molar-refractivity contribution in [3.05, 3.63) is 0 Å². The van der Waals surface area contributed by atoms with Gasteiger partial charge in [-0.25, -0.2) is 0 Å². The van der Waals surface area contributed by atoms with Crippen molar-refractivity contribution in [3.63, 3.8) is 0 Å². The summed E-state index contributed by atoms with van der Waals surface area (Å²) in [7, 11) is 3.32. The van der Waals surface area contributed by atoms with Crippen molar-refractivity contribution in [1.29, 1.82) is 0 Å².